The molecule has 0 aliphatic carbocycles. The van der Waals surface area contributed by atoms with Crippen LogP contribution in [0.4, 0.5) is 0 Å². The summed E-state index contributed by atoms with van der Waals surface area (Å²) in [6.45, 7) is 9.35. The van der Waals surface area contributed by atoms with Gasteiger partial charge in [0.25, 0.3) is 0 Å². The van der Waals surface area contributed by atoms with Crippen molar-refractivity contribution < 1.29 is 0 Å². The molecule has 0 saturated heterocycles. The van der Waals surface area contributed by atoms with Crippen LogP contribution in [-0.4, -0.2) is 0 Å². The molecule has 0 saturated carbocycles. The summed E-state index contributed by atoms with van der Waals surface area (Å²) in [7, 11) is 0. The Hall–Kier alpha value is -0.510. The zero-order valence-electron chi connectivity index (χ0n) is 17.8. The van der Waals surface area contributed by atoms with Crippen LogP contribution in [0.25, 0.3) is 0 Å². The third-order valence-corrected chi connectivity index (χ3v) is 5.21. The lowest BCUT2D eigenvalue weighted by molar-refractivity contribution is 0.521. The van der Waals surface area contributed by atoms with Crippen molar-refractivity contribution in [3.05, 3.63) is 6.57 Å². The second-order valence-corrected chi connectivity index (χ2v) is 7.72. The van der Waals surface area contributed by atoms with Gasteiger partial charge in [0.2, 0.25) is 0 Å². The highest BCUT2D eigenvalue weighted by Crippen LogP contribution is 2.14. The molecule has 0 rings (SSSR count). The minimum Gasteiger partial charge on any atom is -0.512 e. The van der Waals surface area contributed by atoms with Crippen molar-refractivity contribution in [2.24, 2.45) is 0 Å². The zero-order valence-corrected chi connectivity index (χ0v) is 17.8. The van der Waals surface area contributed by atoms with Gasteiger partial charge in [-0.3, -0.25) is 0 Å². The Balaban J connectivity index is 0. The molecule has 0 radical (unpaired) electrons. The fraction of sp³-hybridized carbons (Fsp3) is 0.958. The largest absolute Gasteiger partial charge is 0.512 e. The summed E-state index contributed by atoms with van der Waals surface area (Å²) < 4.78 is 0. The summed E-state index contributed by atoms with van der Waals surface area (Å²) in [5, 5.41) is 6.25. The summed E-state index contributed by atoms with van der Waals surface area (Å²) >= 11 is 0. The van der Waals surface area contributed by atoms with Crippen molar-refractivity contribution >= 4 is 0 Å². The highest BCUT2D eigenvalue weighted by atomic mass is 14.2. The van der Waals surface area contributed by atoms with Crippen LogP contribution in [-0.2, 0) is 0 Å². The van der Waals surface area contributed by atoms with Crippen molar-refractivity contribution in [3.8, 4) is 0 Å². The molecule has 0 aliphatic rings. The molecule has 0 aromatic carbocycles. The molecule has 0 unspecified atom stereocenters. The predicted octanol–water partition coefficient (Wildman–Crippen LogP) is 9.31. The Morgan fingerprint density at radius 2 is 0.440 bits per heavy atom. The van der Waals surface area contributed by atoms with E-state index in [1.54, 1.807) is 0 Å². The molecule has 0 bridgehead atoms. The molecule has 0 aromatic rings. The Morgan fingerprint density at radius 1 is 0.320 bits per heavy atom. The van der Waals surface area contributed by atoms with Gasteiger partial charge >= 0.3 is 0 Å². The maximum absolute atomic E-state index is 6.25. The van der Waals surface area contributed by atoms with E-state index in [1.807, 2.05) is 0 Å². The first-order chi connectivity index (χ1) is 12.4. The first kappa shape index (κ1) is 26.7. The quantitative estimate of drug-likeness (QED) is 0.158. The fourth-order valence-corrected chi connectivity index (χ4v) is 3.51. The van der Waals surface area contributed by atoms with Crippen LogP contribution >= 0.6 is 0 Å². The monoisotopic (exact) mass is 350 g/mol. The SMILES string of the molecule is CCCCCCCCCCCCCCCCCCCCCCC.[C-]#N. The molecule has 0 fully saturated rings. The van der Waals surface area contributed by atoms with Crippen LogP contribution in [0.3, 0.4) is 0 Å². The molecule has 0 heterocycles. The van der Waals surface area contributed by atoms with Crippen LogP contribution in [0, 0.1) is 11.8 Å². The summed E-state index contributed by atoms with van der Waals surface area (Å²) in [5.41, 5.74) is 0. The van der Waals surface area contributed by atoms with Gasteiger partial charge in [0.05, 0.1) is 0 Å². The summed E-state index contributed by atoms with van der Waals surface area (Å²) in [6, 6.07) is 0. The topological polar surface area (TPSA) is 23.8 Å². The third kappa shape index (κ3) is 28.6. The molecule has 0 amide bonds. The molecule has 25 heavy (non-hydrogen) atoms. The lowest BCUT2D eigenvalue weighted by Crippen LogP contribution is -1.84. The Kier molecular flexibility index (Phi) is 30.2. The summed E-state index contributed by atoms with van der Waals surface area (Å²) in [5.74, 6) is 0. The van der Waals surface area contributed by atoms with Gasteiger partial charge in [0, 0.05) is 0 Å². The molecule has 0 aromatic heterocycles. The van der Waals surface area contributed by atoms with Crippen molar-refractivity contribution in [1.82, 2.24) is 0 Å². The molecular formula is C24H48N-. The second kappa shape index (κ2) is 28.3. The van der Waals surface area contributed by atoms with Gasteiger partial charge in [-0.2, -0.15) is 0 Å². The Labute approximate surface area is 161 Å². The number of hydrogen-bond acceptors (Lipinski definition) is 1. The van der Waals surface area contributed by atoms with Crippen LogP contribution < -0.4 is 0 Å². The predicted molar refractivity (Wildman–Crippen MR) is 113 cm³/mol. The van der Waals surface area contributed by atoms with Crippen molar-refractivity contribution in [1.29, 1.82) is 5.26 Å². The average molecular weight is 351 g/mol. The minimum absolute atomic E-state index is 1.37. The molecule has 1 heteroatoms. The van der Waals surface area contributed by atoms with E-state index in [2.05, 4.69) is 13.8 Å². The standard InChI is InChI=1S/C23H48.CN/c1-3-5-7-9-11-13-15-17-19-21-23-22-20-18-16-14-12-10-8-6-4-2;1-2/h3-23H2,1-2H3;/q;-1. The minimum atomic E-state index is 1.37. The highest BCUT2D eigenvalue weighted by molar-refractivity contribution is 4.50. The lowest BCUT2D eigenvalue weighted by atomic mass is 10.0. The smallest absolute Gasteiger partial charge is 0.0533 e. The average Bonchev–Trinajstić information content (AvgIpc) is 2.65. The molecule has 0 spiro atoms. The molecule has 0 aliphatic heterocycles. The number of hydrogen-bond donors (Lipinski definition) is 0. The maximum atomic E-state index is 6.25. The number of rotatable bonds is 20. The van der Waals surface area contributed by atoms with Crippen molar-refractivity contribution in [2.75, 3.05) is 0 Å². The zero-order chi connectivity index (χ0) is 18.8. The number of nitrogens with zero attached hydrogens (tertiary/aromatic N) is 1. The van der Waals surface area contributed by atoms with Crippen LogP contribution in [0.1, 0.15) is 149 Å². The molecular weight excluding hydrogens is 302 g/mol. The van der Waals surface area contributed by atoms with Gasteiger partial charge in [-0.05, 0) is 0 Å². The van der Waals surface area contributed by atoms with E-state index >= 15 is 0 Å². The van der Waals surface area contributed by atoms with E-state index in [0.717, 1.165) is 0 Å². The molecule has 1 nitrogen and oxygen atoms in total. The Morgan fingerprint density at radius 3 is 0.560 bits per heavy atom. The van der Waals surface area contributed by atoms with Crippen molar-refractivity contribution in [2.45, 2.75) is 149 Å². The van der Waals surface area contributed by atoms with E-state index < -0.39 is 0 Å². The van der Waals surface area contributed by atoms with Crippen LogP contribution in [0.5, 0.6) is 0 Å². The normalized spacial score (nSPS) is 10.4. The van der Waals surface area contributed by atoms with Crippen LogP contribution in [0.2, 0.25) is 0 Å². The maximum Gasteiger partial charge on any atom is -0.0533 e. The summed E-state index contributed by atoms with van der Waals surface area (Å²) in [4.78, 5) is 0. The molecule has 0 N–H and O–H groups in total. The molecule has 0 atom stereocenters. The first-order valence-electron chi connectivity index (χ1n) is 11.6. The Bertz CT molecular complexity index is 201. The lowest BCUT2D eigenvalue weighted by Gasteiger charge is -2.04. The van der Waals surface area contributed by atoms with Crippen molar-refractivity contribution in [3.63, 3.8) is 0 Å². The third-order valence-electron chi connectivity index (χ3n) is 5.21. The fourth-order valence-electron chi connectivity index (χ4n) is 3.51. The van der Waals surface area contributed by atoms with E-state index in [-0.39, 0.29) is 0 Å². The van der Waals surface area contributed by atoms with Gasteiger partial charge in [0.15, 0.2) is 0 Å². The molecule has 150 valence electrons. The van der Waals surface area contributed by atoms with Gasteiger partial charge in [-0.1, -0.05) is 149 Å². The summed E-state index contributed by atoms with van der Waals surface area (Å²) in [6.07, 6.45) is 30.9. The van der Waals surface area contributed by atoms with Gasteiger partial charge in [-0.25, -0.2) is 0 Å². The van der Waals surface area contributed by atoms with E-state index in [4.69, 9.17) is 11.8 Å². The van der Waals surface area contributed by atoms with E-state index in [1.165, 1.54) is 135 Å². The van der Waals surface area contributed by atoms with Gasteiger partial charge in [-0.15, -0.1) is 0 Å². The van der Waals surface area contributed by atoms with Gasteiger partial charge < -0.3 is 11.8 Å². The van der Waals surface area contributed by atoms with E-state index in [9.17, 15) is 0 Å². The van der Waals surface area contributed by atoms with E-state index in [0.29, 0.717) is 0 Å². The number of unbranched alkanes of at least 4 members (excludes halogenated alkanes) is 20. The van der Waals surface area contributed by atoms with Gasteiger partial charge in [0.1, 0.15) is 0 Å². The second-order valence-electron chi connectivity index (χ2n) is 7.72. The first-order valence-corrected chi connectivity index (χ1v) is 11.6. The van der Waals surface area contributed by atoms with Crippen LogP contribution in [0.15, 0.2) is 0 Å². The highest BCUT2D eigenvalue weighted by Gasteiger charge is 1.95.